The van der Waals surface area contributed by atoms with Crippen molar-refractivity contribution in [2.45, 2.75) is 13.5 Å². The van der Waals surface area contributed by atoms with Gasteiger partial charge in [0.05, 0.1) is 25.0 Å². The van der Waals surface area contributed by atoms with Crippen molar-refractivity contribution >= 4 is 17.6 Å². The van der Waals surface area contributed by atoms with Gasteiger partial charge in [0.1, 0.15) is 12.3 Å². The molecular weight excluding hydrogens is 312 g/mol. The molecule has 0 aliphatic rings. The predicted octanol–water partition coefficient (Wildman–Crippen LogP) is 1.67. The minimum atomic E-state index is -0.578. The Hall–Kier alpha value is -3.09. The van der Waals surface area contributed by atoms with Crippen LogP contribution in [-0.4, -0.2) is 30.2 Å². The van der Waals surface area contributed by atoms with Crippen molar-refractivity contribution in [3.63, 3.8) is 0 Å². The zero-order valence-electron chi connectivity index (χ0n) is 13.4. The third kappa shape index (κ3) is 4.22. The van der Waals surface area contributed by atoms with Crippen LogP contribution < -0.4 is 15.6 Å². The number of carbonyl (C=O) groups is 2. The van der Waals surface area contributed by atoms with Gasteiger partial charge >= 0.3 is 5.97 Å². The van der Waals surface area contributed by atoms with Gasteiger partial charge in [-0.25, -0.2) is 4.79 Å². The van der Waals surface area contributed by atoms with E-state index in [4.69, 9.17) is 4.74 Å². The molecule has 7 nitrogen and oxygen atoms in total. The van der Waals surface area contributed by atoms with E-state index in [-0.39, 0.29) is 12.1 Å². The molecule has 1 amide bonds. The largest absolute Gasteiger partial charge is 0.492 e. The SMILES string of the molecule is CCOc1ccccc1NC(=O)Cn1cc(C(=O)OC)ccc1=O. The number of nitrogens with one attached hydrogen (secondary N) is 1. The van der Waals surface area contributed by atoms with E-state index < -0.39 is 17.4 Å². The zero-order valence-corrected chi connectivity index (χ0v) is 13.4. The van der Waals surface area contributed by atoms with Crippen molar-refractivity contribution in [3.8, 4) is 5.75 Å². The van der Waals surface area contributed by atoms with Crippen LogP contribution in [0.4, 0.5) is 5.69 Å². The first-order valence-electron chi connectivity index (χ1n) is 7.35. The molecule has 0 bridgehead atoms. The molecule has 0 fully saturated rings. The van der Waals surface area contributed by atoms with Gasteiger partial charge in [0.25, 0.3) is 5.56 Å². The van der Waals surface area contributed by atoms with Gasteiger partial charge in [-0.15, -0.1) is 0 Å². The molecule has 1 aromatic carbocycles. The first-order valence-corrected chi connectivity index (χ1v) is 7.35. The molecule has 0 aliphatic carbocycles. The lowest BCUT2D eigenvalue weighted by molar-refractivity contribution is -0.116. The Balaban J connectivity index is 2.16. The van der Waals surface area contributed by atoms with Crippen molar-refractivity contribution < 1.29 is 19.1 Å². The number of nitrogens with zero attached hydrogens (tertiary/aromatic N) is 1. The lowest BCUT2D eigenvalue weighted by Gasteiger charge is -2.12. The van der Waals surface area contributed by atoms with E-state index in [1.165, 1.54) is 25.4 Å². The van der Waals surface area contributed by atoms with Crippen LogP contribution in [0.5, 0.6) is 5.75 Å². The molecule has 7 heteroatoms. The summed E-state index contributed by atoms with van der Waals surface area (Å²) in [5.41, 5.74) is 0.317. The summed E-state index contributed by atoms with van der Waals surface area (Å²) in [4.78, 5) is 35.6. The Kier molecular flexibility index (Phi) is 5.73. The molecular formula is C17H18N2O5. The molecule has 1 heterocycles. The monoisotopic (exact) mass is 330 g/mol. The summed E-state index contributed by atoms with van der Waals surface area (Å²) in [7, 11) is 1.25. The number of esters is 1. The number of aromatic nitrogens is 1. The molecule has 24 heavy (non-hydrogen) atoms. The Morgan fingerprint density at radius 1 is 1.17 bits per heavy atom. The van der Waals surface area contributed by atoms with E-state index in [1.807, 2.05) is 6.92 Å². The summed E-state index contributed by atoms with van der Waals surface area (Å²) in [5.74, 6) is -0.443. The number of pyridine rings is 1. The molecule has 0 saturated heterocycles. The Bertz CT molecular complexity index is 798. The third-order valence-electron chi connectivity index (χ3n) is 3.18. The first-order chi connectivity index (χ1) is 11.5. The van der Waals surface area contributed by atoms with Crippen LogP contribution in [0.3, 0.4) is 0 Å². The van der Waals surface area contributed by atoms with Gasteiger partial charge < -0.3 is 19.4 Å². The number of para-hydroxylation sites is 2. The molecule has 126 valence electrons. The van der Waals surface area contributed by atoms with Crippen molar-refractivity contribution in [3.05, 3.63) is 58.5 Å². The molecule has 0 unspecified atom stereocenters. The molecule has 1 N–H and O–H groups in total. The van der Waals surface area contributed by atoms with Crippen LogP contribution in [0.1, 0.15) is 17.3 Å². The molecule has 0 spiro atoms. The van der Waals surface area contributed by atoms with Crippen LogP contribution in [0.15, 0.2) is 47.4 Å². The highest BCUT2D eigenvalue weighted by Crippen LogP contribution is 2.23. The van der Waals surface area contributed by atoms with Crippen molar-refractivity contribution in [1.82, 2.24) is 4.57 Å². The van der Waals surface area contributed by atoms with Crippen LogP contribution in [-0.2, 0) is 16.1 Å². The van der Waals surface area contributed by atoms with Crippen LogP contribution in [0, 0.1) is 0 Å². The van der Waals surface area contributed by atoms with E-state index in [2.05, 4.69) is 10.1 Å². The normalized spacial score (nSPS) is 10.1. The Morgan fingerprint density at radius 2 is 1.92 bits per heavy atom. The highest BCUT2D eigenvalue weighted by atomic mass is 16.5. The second-order valence-electron chi connectivity index (χ2n) is 4.85. The Morgan fingerprint density at radius 3 is 2.62 bits per heavy atom. The molecule has 0 atom stereocenters. The predicted molar refractivity (Wildman–Crippen MR) is 88.3 cm³/mol. The summed E-state index contributed by atoms with van der Waals surface area (Å²) in [5, 5.41) is 2.69. The van der Waals surface area contributed by atoms with Gasteiger partial charge in [-0.1, -0.05) is 12.1 Å². The average molecular weight is 330 g/mol. The second-order valence-corrected chi connectivity index (χ2v) is 4.85. The third-order valence-corrected chi connectivity index (χ3v) is 3.18. The number of benzene rings is 1. The summed E-state index contributed by atoms with van der Waals surface area (Å²) in [6.45, 7) is 2.08. The number of carbonyl (C=O) groups excluding carboxylic acids is 2. The van der Waals surface area contributed by atoms with Crippen LogP contribution in [0.2, 0.25) is 0 Å². The van der Waals surface area contributed by atoms with Gasteiger partial charge in [0, 0.05) is 12.3 Å². The van der Waals surface area contributed by atoms with Gasteiger partial charge in [0.15, 0.2) is 0 Å². The van der Waals surface area contributed by atoms with E-state index in [0.29, 0.717) is 18.0 Å². The minimum absolute atomic E-state index is 0.194. The number of rotatable bonds is 6. The van der Waals surface area contributed by atoms with E-state index in [1.54, 1.807) is 24.3 Å². The van der Waals surface area contributed by atoms with Crippen LogP contribution >= 0.6 is 0 Å². The quantitative estimate of drug-likeness (QED) is 0.814. The summed E-state index contributed by atoms with van der Waals surface area (Å²) >= 11 is 0. The lowest BCUT2D eigenvalue weighted by atomic mass is 10.2. The lowest BCUT2D eigenvalue weighted by Crippen LogP contribution is -2.27. The number of methoxy groups -OCH3 is 1. The van der Waals surface area contributed by atoms with Gasteiger partial charge in [-0.2, -0.15) is 0 Å². The number of anilines is 1. The van der Waals surface area contributed by atoms with Crippen LogP contribution in [0.25, 0.3) is 0 Å². The fourth-order valence-corrected chi connectivity index (χ4v) is 2.09. The smallest absolute Gasteiger partial charge is 0.339 e. The van der Waals surface area contributed by atoms with Crippen molar-refractivity contribution in [1.29, 1.82) is 0 Å². The van der Waals surface area contributed by atoms with E-state index >= 15 is 0 Å². The summed E-state index contributed by atoms with van der Waals surface area (Å²) in [6.07, 6.45) is 1.29. The van der Waals surface area contributed by atoms with E-state index in [0.717, 1.165) is 4.57 Å². The van der Waals surface area contributed by atoms with Gasteiger partial charge in [0.2, 0.25) is 5.91 Å². The molecule has 0 saturated carbocycles. The average Bonchev–Trinajstić information content (AvgIpc) is 2.58. The standard InChI is InChI=1S/C17H18N2O5/c1-3-24-14-7-5-4-6-13(14)18-15(20)11-19-10-12(17(22)23-2)8-9-16(19)21/h4-10H,3,11H2,1-2H3,(H,18,20). The Labute approximate surface area is 138 Å². The van der Waals surface area contributed by atoms with Crippen molar-refractivity contribution in [2.24, 2.45) is 0 Å². The fraction of sp³-hybridized carbons (Fsp3) is 0.235. The fourth-order valence-electron chi connectivity index (χ4n) is 2.09. The van der Waals surface area contributed by atoms with E-state index in [9.17, 15) is 14.4 Å². The maximum absolute atomic E-state index is 12.2. The number of ether oxygens (including phenoxy) is 2. The number of amides is 1. The number of hydrogen-bond acceptors (Lipinski definition) is 5. The number of hydrogen-bond donors (Lipinski definition) is 1. The zero-order chi connectivity index (χ0) is 17.5. The van der Waals surface area contributed by atoms with Gasteiger partial charge in [-0.05, 0) is 25.1 Å². The summed E-state index contributed by atoms with van der Waals surface area (Å²) < 4.78 is 11.2. The highest BCUT2D eigenvalue weighted by Gasteiger charge is 2.11. The highest BCUT2D eigenvalue weighted by molar-refractivity contribution is 5.92. The molecule has 0 aliphatic heterocycles. The molecule has 1 aromatic heterocycles. The molecule has 2 aromatic rings. The van der Waals surface area contributed by atoms with Gasteiger partial charge in [-0.3, -0.25) is 9.59 Å². The second kappa shape index (κ2) is 7.96. The maximum atomic E-state index is 12.2. The minimum Gasteiger partial charge on any atom is -0.492 e. The topological polar surface area (TPSA) is 86.6 Å². The summed E-state index contributed by atoms with van der Waals surface area (Å²) in [6, 6.07) is 9.58. The molecule has 2 rings (SSSR count). The molecule has 0 radical (unpaired) electrons. The first kappa shape index (κ1) is 17.3. The maximum Gasteiger partial charge on any atom is 0.339 e. The van der Waals surface area contributed by atoms with Crippen molar-refractivity contribution in [2.75, 3.05) is 19.0 Å².